The number of hydrogen-bond donors (Lipinski definition) is 2. The van der Waals surface area contributed by atoms with Crippen molar-refractivity contribution in [3.05, 3.63) is 61.8 Å². The molecule has 2 aromatic rings. The lowest BCUT2D eigenvalue weighted by atomic mass is 10.2. The minimum absolute atomic E-state index is 0.0888. The van der Waals surface area contributed by atoms with Crippen molar-refractivity contribution in [1.82, 2.24) is 15.4 Å². The quantitative estimate of drug-likeness (QED) is 0.471. The fourth-order valence-electron chi connectivity index (χ4n) is 1.85. The molecular formula is C14H13N5O5. The van der Waals surface area contributed by atoms with Gasteiger partial charge in [0.1, 0.15) is 5.69 Å². The number of benzene rings is 1. The molecule has 0 saturated heterocycles. The molecule has 0 saturated carbocycles. The molecule has 0 bridgehead atoms. The number of rotatable bonds is 5. The Balaban J connectivity index is 2.14. The van der Waals surface area contributed by atoms with Gasteiger partial charge >= 0.3 is 11.4 Å². The summed E-state index contributed by atoms with van der Waals surface area (Å²) in [5.41, 5.74) is 2.11. The first-order valence-electron chi connectivity index (χ1n) is 6.64. The van der Waals surface area contributed by atoms with E-state index in [1.165, 1.54) is 37.6 Å². The van der Waals surface area contributed by atoms with Gasteiger partial charge in [-0.1, -0.05) is 0 Å². The Labute approximate surface area is 135 Å². The zero-order valence-corrected chi connectivity index (χ0v) is 12.8. The molecule has 124 valence electrons. The molecule has 2 rings (SSSR count). The number of hydrazone groups is 1. The predicted octanol–water partition coefficient (Wildman–Crippen LogP) is 0.759. The number of nitrogens with one attached hydrogen (secondary N) is 2. The number of amides is 1. The van der Waals surface area contributed by atoms with Crippen LogP contribution < -0.4 is 15.9 Å². The van der Waals surface area contributed by atoms with E-state index in [1.807, 2.05) is 0 Å². The number of methoxy groups -OCH3 is 1. The van der Waals surface area contributed by atoms with Crippen LogP contribution in [-0.4, -0.2) is 34.1 Å². The topological polar surface area (TPSA) is 140 Å². The van der Waals surface area contributed by atoms with Crippen molar-refractivity contribution in [2.75, 3.05) is 7.11 Å². The van der Waals surface area contributed by atoms with Crippen LogP contribution in [0.3, 0.4) is 0 Å². The van der Waals surface area contributed by atoms with Crippen molar-refractivity contribution in [2.24, 2.45) is 5.10 Å². The average molecular weight is 331 g/mol. The highest BCUT2D eigenvalue weighted by Gasteiger charge is 2.14. The molecule has 1 aromatic heterocycles. The molecule has 0 radical (unpaired) electrons. The highest BCUT2D eigenvalue weighted by molar-refractivity contribution is 5.93. The lowest BCUT2D eigenvalue weighted by Crippen LogP contribution is -2.24. The van der Waals surface area contributed by atoms with Crippen LogP contribution in [0.2, 0.25) is 0 Å². The summed E-state index contributed by atoms with van der Waals surface area (Å²) < 4.78 is 4.89. The summed E-state index contributed by atoms with van der Waals surface area (Å²) in [6.45, 7) is 1.61. The van der Waals surface area contributed by atoms with Crippen molar-refractivity contribution in [3.63, 3.8) is 0 Å². The van der Waals surface area contributed by atoms with Crippen molar-refractivity contribution < 1.29 is 14.5 Å². The van der Waals surface area contributed by atoms with Crippen LogP contribution in [0.25, 0.3) is 0 Å². The van der Waals surface area contributed by atoms with E-state index >= 15 is 0 Å². The fraction of sp³-hybridized carbons (Fsp3) is 0.143. The first-order valence-corrected chi connectivity index (χ1v) is 6.64. The van der Waals surface area contributed by atoms with Crippen molar-refractivity contribution in [3.8, 4) is 5.75 Å². The maximum absolute atomic E-state index is 11.8. The molecule has 10 heteroatoms. The summed E-state index contributed by atoms with van der Waals surface area (Å²) in [7, 11) is 1.33. The molecule has 0 unspecified atom stereocenters. The molecule has 1 heterocycles. The SMILES string of the molecule is COc1ccc(/C=N/NC(=O)c2cc(C)[nH]c(=O)n2)cc1[N+](=O)[O-]. The van der Waals surface area contributed by atoms with Crippen molar-refractivity contribution in [1.29, 1.82) is 0 Å². The van der Waals surface area contributed by atoms with E-state index in [0.29, 0.717) is 11.3 Å². The maximum atomic E-state index is 11.8. The number of nitro benzene ring substituents is 1. The minimum Gasteiger partial charge on any atom is -0.490 e. The van der Waals surface area contributed by atoms with Gasteiger partial charge in [0.05, 0.1) is 18.2 Å². The van der Waals surface area contributed by atoms with Gasteiger partial charge in [-0.25, -0.2) is 10.2 Å². The lowest BCUT2D eigenvalue weighted by molar-refractivity contribution is -0.385. The van der Waals surface area contributed by atoms with E-state index in [4.69, 9.17) is 4.74 Å². The third kappa shape index (κ3) is 4.00. The van der Waals surface area contributed by atoms with Crippen LogP contribution in [0.1, 0.15) is 21.7 Å². The highest BCUT2D eigenvalue weighted by atomic mass is 16.6. The van der Waals surface area contributed by atoms with Crippen molar-refractivity contribution >= 4 is 17.8 Å². The summed E-state index contributed by atoms with van der Waals surface area (Å²) in [5.74, 6) is -0.562. The normalized spacial score (nSPS) is 10.6. The van der Waals surface area contributed by atoms with Crippen LogP contribution in [0, 0.1) is 17.0 Å². The smallest absolute Gasteiger partial charge is 0.345 e. The Morgan fingerprint density at radius 1 is 1.46 bits per heavy atom. The largest absolute Gasteiger partial charge is 0.490 e. The Kier molecular flexibility index (Phi) is 5.00. The average Bonchev–Trinajstić information content (AvgIpc) is 2.53. The number of H-pyrrole nitrogens is 1. The van der Waals surface area contributed by atoms with Gasteiger partial charge in [0.25, 0.3) is 5.91 Å². The third-order valence-corrected chi connectivity index (χ3v) is 2.89. The Morgan fingerprint density at radius 3 is 2.83 bits per heavy atom. The molecule has 0 atom stereocenters. The van der Waals surface area contributed by atoms with E-state index in [1.54, 1.807) is 6.92 Å². The second-order valence-corrected chi connectivity index (χ2v) is 4.64. The Bertz CT molecular complexity index is 874. The molecule has 10 nitrogen and oxygen atoms in total. The number of hydrogen-bond acceptors (Lipinski definition) is 7. The molecule has 2 N–H and O–H groups in total. The number of aryl methyl sites for hydroxylation is 1. The molecule has 1 aromatic carbocycles. The van der Waals surface area contributed by atoms with Gasteiger partial charge in [0.2, 0.25) is 0 Å². The molecule has 24 heavy (non-hydrogen) atoms. The summed E-state index contributed by atoms with van der Waals surface area (Å²) in [4.78, 5) is 39.3. The van der Waals surface area contributed by atoms with Gasteiger partial charge in [-0.15, -0.1) is 0 Å². The standard InChI is InChI=1S/C14H13N5O5/c1-8-5-10(17-14(21)16-8)13(20)18-15-7-9-3-4-12(24-2)11(6-9)19(22)23/h3-7H,1-2H3,(H,18,20)(H,16,17,21)/b15-7+. The van der Waals surface area contributed by atoms with Crippen LogP contribution in [0.5, 0.6) is 5.75 Å². The molecule has 0 aliphatic carbocycles. The van der Waals surface area contributed by atoms with E-state index in [2.05, 4.69) is 20.5 Å². The van der Waals surface area contributed by atoms with E-state index in [9.17, 15) is 19.7 Å². The lowest BCUT2D eigenvalue weighted by Gasteiger charge is -2.02. The summed E-state index contributed by atoms with van der Waals surface area (Å²) in [5, 5.41) is 14.6. The molecular weight excluding hydrogens is 318 g/mol. The molecule has 0 spiro atoms. The zero-order chi connectivity index (χ0) is 17.7. The Hall–Kier alpha value is -3.56. The highest BCUT2D eigenvalue weighted by Crippen LogP contribution is 2.26. The van der Waals surface area contributed by atoms with Crippen LogP contribution in [0.4, 0.5) is 5.69 Å². The van der Waals surface area contributed by atoms with E-state index in [0.717, 1.165) is 0 Å². The number of aromatic amines is 1. The van der Waals surface area contributed by atoms with Gasteiger partial charge < -0.3 is 9.72 Å². The molecule has 0 aliphatic rings. The van der Waals surface area contributed by atoms with Gasteiger partial charge in [-0.3, -0.25) is 14.9 Å². The molecule has 0 fully saturated rings. The summed E-state index contributed by atoms with van der Waals surface area (Å²) >= 11 is 0. The van der Waals surface area contributed by atoms with Crippen LogP contribution >= 0.6 is 0 Å². The van der Waals surface area contributed by atoms with Crippen molar-refractivity contribution in [2.45, 2.75) is 6.92 Å². The maximum Gasteiger partial charge on any atom is 0.345 e. The summed E-state index contributed by atoms with van der Waals surface area (Å²) in [6.07, 6.45) is 1.23. The number of ether oxygens (including phenoxy) is 1. The monoisotopic (exact) mass is 331 g/mol. The first-order chi connectivity index (χ1) is 11.4. The third-order valence-electron chi connectivity index (χ3n) is 2.89. The predicted molar refractivity (Wildman–Crippen MR) is 84.3 cm³/mol. The number of carbonyl (C=O) groups is 1. The number of nitro groups is 1. The number of aromatic nitrogens is 2. The zero-order valence-electron chi connectivity index (χ0n) is 12.8. The fourth-order valence-corrected chi connectivity index (χ4v) is 1.85. The number of carbonyl (C=O) groups excluding carboxylic acids is 1. The summed E-state index contributed by atoms with van der Waals surface area (Å²) in [6, 6.07) is 5.61. The Morgan fingerprint density at radius 2 is 2.21 bits per heavy atom. The van der Waals surface area contributed by atoms with Gasteiger partial charge in [0.15, 0.2) is 5.75 Å². The molecule has 0 aliphatic heterocycles. The van der Waals surface area contributed by atoms with Gasteiger partial charge in [-0.05, 0) is 25.1 Å². The number of nitrogens with zero attached hydrogens (tertiary/aromatic N) is 3. The van der Waals surface area contributed by atoms with Gasteiger partial charge in [0, 0.05) is 17.3 Å². The van der Waals surface area contributed by atoms with Crippen LogP contribution in [-0.2, 0) is 0 Å². The molecule has 1 amide bonds. The van der Waals surface area contributed by atoms with Gasteiger partial charge in [-0.2, -0.15) is 10.1 Å². The van der Waals surface area contributed by atoms with Crippen LogP contribution in [0.15, 0.2) is 34.2 Å². The minimum atomic E-state index is -0.677. The van der Waals surface area contributed by atoms with E-state index in [-0.39, 0.29) is 17.1 Å². The van der Waals surface area contributed by atoms with E-state index < -0.39 is 16.5 Å². The first kappa shape index (κ1) is 16.8. The second-order valence-electron chi connectivity index (χ2n) is 4.64. The second kappa shape index (κ2) is 7.13.